The standard InChI is InChI=1S/C8H8F2O.CH3Br/c1-3-4-8(10)7(5-11)6(2)9;1-2/h3-5H,2H2,1H3;1H3/b4-3-,8-7+;. The molecular weight excluding hydrogens is 242 g/mol. The summed E-state index contributed by atoms with van der Waals surface area (Å²) in [5.41, 5.74) is -0.636. The minimum absolute atomic E-state index is 0.0949. The van der Waals surface area contributed by atoms with Crippen molar-refractivity contribution in [2.24, 2.45) is 0 Å². The molecule has 13 heavy (non-hydrogen) atoms. The predicted octanol–water partition coefficient (Wildman–Crippen LogP) is 3.48. The highest BCUT2D eigenvalue weighted by Crippen LogP contribution is 2.14. The Hall–Kier alpha value is -0.770. The van der Waals surface area contributed by atoms with Crippen molar-refractivity contribution in [3.63, 3.8) is 0 Å². The van der Waals surface area contributed by atoms with E-state index in [9.17, 15) is 13.6 Å². The largest absolute Gasteiger partial charge is 0.298 e. The summed E-state index contributed by atoms with van der Waals surface area (Å²) in [6.45, 7) is 4.36. The van der Waals surface area contributed by atoms with Gasteiger partial charge in [-0.05, 0) is 18.8 Å². The van der Waals surface area contributed by atoms with Crippen molar-refractivity contribution in [3.8, 4) is 0 Å². The summed E-state index contributed by atoms with van der Waals surface area (Å²) in [6, 6.07) is 0. The molecule has 0 aliphatic rings. The van der Waals surface area contributed by atoms with Crippen LogP contribution in [0.25, 0.3) is 0 Å². The van der Waals surface area contributed by atoms with Crippen LogP contribution in [0.3, 0.4) is 0 Å². The minimum Gasteiger partial charge on any atom is -0.298 e. The summed E-state index contributed by atoms with van der Waals surface area (Å²) in [7, 11) is 0. The number of aldehydes is 1. The van der Waals surface area contributed by atoms with Gasteiger partial charge in [0.25, 0.3) is 0 Å². The van der Waals surface area contributed by atoms with Gasteiger partial charge in [-0.3, -0.25) is 4.79 Å². The van der Waals surface area contributed by atoms with Crippen LogP contribution in [0.2, 0.25) is 0 Å². The van der Waals surface area contributed by atoms with Gasteiger partial charge in [0.2, 0.25) is 0 Å². The molecule has 4 heteroatoms. The molecule has 0 saturated carbocycles. The number of carbonyl (C=O) groups is 1. The molecule has 0 N–H and O–H groups in total. The number of carbonyl (C=O) groups excluding carboxylic acids is 1. The zero-order chi connectivity index (χ0) is 10.9. The van der Waals surface area contributed by atoms with Crippen LogP contribution in [0.15, 0.2) is 36.0 Å². The fourth-order valence-electron chi connectivity index (χ4n) is 0.486. The summed E-state index contributed by atoms with van der Waals surface area (Å²) in [6.07, 6.45) is 2.45. The van der Waals surface area contributed by atoms with E-state index in [0.717, 1.165) is 6.08 Å². The fraction of sp³-hybridized carbons (Fsp3) is 0.222. The van der Waals surface area contributed by atoms with E-state index in [1.165, 1.54) is 6.08 Å². The smallest absolute Gasteiger partial charge is 0.155 e. The van der Waals surface area contributed by atoms with Gasteiger partial charge >= 0.3 is 0 Å². The van der Waals surface area contributed by atoms with E-state index < -0.39 is 17.2 Å². The Balaban J connectivity index is 0. The number of hydrogen-bond donors (Lipinski definition) is 0. The first kappa shape index (κ1) is 14.7. The molecule has 0 fully saturated rings. The first-order chi connectivity index (χ1) is 6.13. The van der Waals surface area contributed by atoms with E-state index in [-0.39, 0.29) is 6.29 Å². The topological polar surface area (TPSA) is 17.1 Å². The number of halogens is 3. The molecule has 0 atom stereocenters. The van der Waals surface area contributed by atoms with Crippen molar-refractivity contribution >= 4 is 22.2 Å². The van der Waals surface area contributed by atoms with Gasteiger partial charge in [0.15, 0.2) is 6.29 Å². The van der Waals surface area contributed by atoms with Crippen molar-refractivity contribution < 1.29 is 13.6 Å². The maximum Gasteiger partial charge on any atom is 0.155 e. The first-order valence-corrected chi connectivity index (χ1v) is 4.92. The molecule has 0 unspecified atom stereocenters. The maximum absolute atomic E-state index is 12.6. The molecule has 0 heterocycles. The summed E-state index contributed by atoms with van der Waals surface area (Å²) in [4.78, 5) is 10.0. The molecular formula is C9H11BrF2O. The molecule has 0 aliphatic heterocycles. The molecule has 0 bridgehead atoms. The monoisotopic (exact) mass is 252 g/mol. The lowest BCUT2D eigenvalue weighted by Crippen LogP contribution is -1.87. The average molecular weight is 253 g/mol. The highest BCUT2D eigenvalue weighted by atomic mass is 79.9. The summed E-state index contributed by atoms with van der Waals surface area (Å²) in [5, 5.41) is 0. The Morgan fingerprint density at radius 3 is 2.08 bits per heavy atom. The first-order valence-electron chi connectivity index (χ1n) is 3.33. The van der Waals surface area contributed by atoms with Crippen LogP contribution in [-0.2, 0) is 4.79 Å². The fourth-order valence-corrected chi connectivity index (χ4v) is 0.486. The Morgan fingerprint density at radius 2 is 1.85 bits per heavy atom. The van der Waals surface area contributed by atoms with E-state index >= 15 is 0 Å². The van der Waals surface area contributed by atoms with E-state index in [2.05, 4.69) is 22.5 Å². The molecule has 0 aromatic rings. The molecule has 0 aromatic carbocycles. The number of rotatable bonds is 3. The van der Waals surface area contributed by atoms with E-state index in [1.807, 2.05) is 5.83 Å². The molecule has 1 nitrogen and oxygen atoms in total. The lowest BCUT2D eigenvalue weighted by Gasteiger charge is -1.92. The van der Waals surface area contributed by atoms with Crippen LogP contribution in [0.1, 0.15) is 6.92 Å². The normalized spacial score (nSPS) is 11.5. The third-order valence-corrected chi connectivity index (χ3v) is 0.980. The predicted molar refractivity (Wildman–Crippen MR) is 54.1 cm³/mol. The van der Waals surface area contributed by atoms with Gasteiger partial charge in [-0.1, -0.05) is 28.6 Å². The Labute approximate surface area is 85.0 Å². The van der Waals surface area contributed by atoms with Crippen LogP contribution in [0, 0.1) is 0 Å². The lowest BCUT2D eigenvalue weighted by molar-refractivity contribution is -0.104. The summed E-state index contributed by atoms with van der Waals surface area (Å²) in [5.74, 6) is -0.155. The van der Waals surface area contributed by atoms with Gasteiger partial charge in [0.1, 0.15) is 11.7 Å². The molecule has 0 saturated heterocycles. The number of hydrogen-bond acceptors (Lipinski definition) is 1. The van der Waals surface area contributed by atoms with E-state index in [4.69, 9.17) is 0 Å². The minimum atomic E-state index is -1.06. The second-order valence-electron chi connectivity index (χ2n) is 1.78. The van der Waals surface area contributed by atoms with Crippen LogP contribution < -0.4 is 0 Å². The van der Waals surface area contributed by atoms with E-state index in [1.54, 1.807) is 6.92 Å². The SMILES string of the molecule is C=C(F)/C(C=O)=C(F)\C=C/C.CBr. The summed E-state index contributed by atoms with van der Waals surface area (Å²) >= 11 is 2.94. The highest BCUT2D eigenvalue weighted by molar-refractivity contribution is 9.08. The van der Waals surface area contributed by atoms with Gasteiger partial charge in [-0.25, -0.2) is 8.78 Å². The van der Waals surface area contributed by atoms with Crippen molar-refractivity contribution in [3.05, 3.63) is 36.0 Å². The molecule has 0 rings (SSSR count). The Bertz CT molecular complexity index is 232. The van der Waals surface area contributed by atoms with Crippen LogP contribution in [-0.4, -0.2) is 12.1 Å². The molecule has 0 spiro atoms. The van der Waals surface area contributed by atoms with Crippen molar-refractivity contribution in [2.75, 3.05) is 5.83 Å². The molecule has 0 amide bonds. The van der Waals surface area contributed by atoms with E-state index in [0.29, 0.717) is 0 Å². The van der Waals surface area contributed by atoms with Crippen LogP contribution in [0.4, 0.5) is 8.78 Å². The van der Waals surface area contributed by atoms with Gasteiger partial charge in [0.05, 0.1) is 5.57 Å². The molecule has 0 aliphatic carbocycles. The lowest BCUT2D eigenvalue weighted by atomic mass is 10.2. The quantitative estimate of drug-likeness (QED) is 0.325. The number of allylic oxidation sites excluding steroid dienone is 5. The zero-order valence-electron chi connectivity index (χ0n) is 7.48. The van der Waals surface area contributed by atoms with Crippen molar-refractivity contribution in [1.29, 1.82) is 0 Å². The Morgan fingerprint density at radius 1 is 1.38 bits per heavy atom. The number of alkyl halides is 1. The Kier molecular flexibility index (Phi) is 10.6. The van der Waals surface area contributed by atoms with Crippen LogP contribution >= 0.6 is 15.9 Å². The third-order valence-electron chi connectivity index (χ3n) is 0.980. The van der Waals surface area contributed by atoms with Crippen LogP contribution in [0.5, 0.6) is 0 Å². The van der Waals surface area contributed by atoms with Gasteiger partial charge < -0.3 is 0 Å². The maximum atomic E-state index is 12.6. The van der Waals surface area contributed by atoms with Gasteiger partial charge in [-0.2, -0.15) is 0 Å². The second-order valence-corrected chi connectivity index (χ2v) is 1.78. The summed E-state index contributed by atoms with van der Waals surface area (Å²) < 4.78 is 24.8. The van der Waals surface area contributed by atoms with Crippen molar-refractivity contribution in [1.82, 2.24) is 0 Å². The third kappa shape index (κ3) is 6.40. The second kappa shape index (κ2) is 9.32. The van der Waals surface area contributed by atoms with Gasteiger partial charge in [0, 0.05) is 0 Å². The molecule has 0 radical (unpaired) electrons. The van der Waals surface area contributed by atoms with Crippen molar-refractivity contribution in [2.45, 2.75) is 6.92 Å². The molecule has 0 aromatic heterocycles. The van der Waals surface area contributed by atoms with Gasteiger partial charge in [-0.15, -0.1) is 0 Å². The zero-order valence-corrected chi connectivity index (χ0v) is 9.07. The highest BCUT2D eigenvalue weighted by Gasteiger charge is 2.05. The average Bonchev–Trinajstić information content (AvgIpc) is 2.09. The molecule has 74 valence electrons.